The molecule has 7 heteroatoms. The zero-order valence-electron chi connectivity index (χ0n) is 17.4. The summed E-state index contributed by atoms with van der Waals surface area (Å²) in [5.41, 5.74) is 2.85. The molecular formula is C24H24FNO4S. The molecule has 0 saturated heterocycles. The van der Waals surface area contributed by atoms with Crippen molar-refractivity contribution in [2.75, 3.05) is 20.3 Å². The van der Waals surface area contributed by atoms with E-state index >= 15 is 0 Å². The number of carbonyl (C=O) groups is 2. The number of thiophene rings is 1. The maximum atomic E-state index is 14.1. The van der Waals surface area contributed by atoms with Gasteiger partial charge in [-0.15, -0.1) is 11.3 Å². The lowest BCUT2D eigenvalue weighted by atomic mass is 9.72. The molecule has 31 heavy (non-hydrogen) atoms. The maximum absolute atomic E-state index is 14.1. The molecule has 0 bridgehead atoms. The minimum absolute atomic E-state index is 0.0314. The number of esters is 1. The first-order valence-corrected chi connectivity index (χ1v) is 11.1. The fourth-order valence-corrected chi connectivity index (χ4v) is 5.18. The molecule has 2 aliphatic rings. The van der Waals surface area contributed by atoms with Crippen molar-refractivity contribution in [3.8, 4) is 0 Å². The van der Waals surface area contributed by atoms with E-state index in [0.717, 1.165) is 10.6 Å². The van der Waals surface area contributed by atoms with Gasteiger partial charge in [-0.25, -0.2) is 9.18 Å². The fourth-order valence-electron chi connectivity index (χ4n) is 4.35. The molecule has 1 aromatic heterocycles. The smallest absolute Gasteiger partial charge is 0.336 e. The number of ketones is 1. The van der Waals surface area contributed by atoms with Gasteiger partial charge in [0.05, 0.1) is 12.2 Å². The van der Waals surface area contributed by atoms with E-state index in [9.17, 15) is 14.0 Å². The number of hydrogen-bond donors (Lipinski definition) is 1. The third-order valence-corrected chi connectivity index (χ3v) is 6.73. The van der Waals surface area contributed by atoms with Gasteiger partial charge in [0.25, 0.3) is 0 Å². The van der Waals surface area contributed by atoms with Crippen LogP contribution in [0.2, 0.25) is 0 Å². The van der Waals surface area contributed by atoms with Crippen molar-refractivity contribution in [2.24, 2.45) is 0 Å². The number of methoxy groups -OCH3 is 1. The predicted octanol–water partition coefficient (Wildman–Crippen LogP) is 4.44. The number of nitrogens with one attached hydrogen (secondary N) is 1. The SMILES string of the molecule is COCCOC(=O)C1=C(C)NC2=C(C(=O)CC(c3cccs3)C2)C1c1cccc(F)c1. The van der Waals surface area contributed by atoms with Gasteiger partial charge in [0.15, 0.2) is 5.78 Å². The van der Waals surface area contributed by atoms with Gasteiger partial charge in [-0.1, -0.05) is 18.2 Å². The van der Waals surface area contributed by atoms with Crippen LogP contribution in [0.4, 0.5) is 4.39 Å². The molecule has 4 rings (SSSR count). The van der Waals surface area contributed by atoms with E-state index in [2.05, 4.69) is 5.32 Å². The van der Waals surface area contributed by atoms with Crippen LogP contribution >= 0.6 is 11.3 Å². The second-order valence-electron chi connectivity index (χ2n) is 7.72. The van der Waals surface area contributed by atoms with Crippen LogP contribution in [-0.2, 0) is 19.1 Å². The van der Waals surface area contributed by atoms with Crippen LogP contribution in [0, 0.1) is 5.82 Å². The van der Waals surface area contributed by atoms with Gasteiger partial charge in [0, 0.05) is 47.2 Å². The summed E-state index contributed by atoms with van der Waals surface area (Å²) in [5.74, 6) is -1.55. The summed E-state index contributed by atoms with van der Waals surface area (Å²) in [4.78, 5) is 27.5. The van der Waals surface area contributed by atoms with E-state index in [1.165, 1.54) is 19.2 Å². The van der Waals surface area contributed by atoms with Gasteiger partial charge in [-0.3, -0.25) is 4.79 Å². The predicted molar refractivity (Wildman–Crippen MR) is 116 cm³/mol. The Morgan fingerprint density at radius 1 is 1.23 bits per heavy atom. The second-order valence-corrected chi connectivity index (χ2v) is 8.70. The highest BCUT2D eigenvalue weighted by Crippen LogP contribution is 2.46. The van der Waals surface area contributed by atoms with Crippen LogP contribution in [0.25, 0.3) is 0 Å². The van der Waals surface area contributed by atoms with E-state index in [1.54, 1.807) is 30.4 Å². The van der Waals surface area contributed by atoms with Crippen molar-refractivity contribution in [3.05, 3.63) is 80.6 Å². The Morgan fingerprint density at radius 3 is 2.77 bits per heavy atom. The van der Waals surface area contributed by atoms with Crippen molar-refractivity contribution in [1.82, 2.24) is 5.32 Å². The number of hydrogen-bond acceptors (Lipinski definition) is 6. The summed E-state index contributed by atoms with van der Waals surface area (Å²) in [6.07, 6.45) is 1.02. The Balaban J connectivity index is 1.76. The first-order valence-electron chi connectivity index (χ1n) is 10.2. The highest BCUT2D eigenvalue weighted by atomic mass is 32.1. The highest BCUT2D eigenvalue weighted by Gasteiger charge is 2.41. The number of Topliss-reactive ketones (excluding diaryl/α,β-unsaturated/α-hetero) is 1. The summed E-state index contributed by atoms with van der Waals surface area (Å²) in [6, 6.07) is 10.1. The zero-order valence-corrected chi connectivity index (χ0v) is 18.3. The molecule has 0 amide bonds. The summed E-state index contributed by atoms with van der Waals surface area (Å²) < 4.78 is 24.4. The molecule has 0 spiro atoms. The zero-order chi connectivity index (χ0) is 22.0. The first kappa shape index (κ1) is 21.5. The number of ether oxygens (including phenoxy) is 2. The third-order valence-electron chi connectivity index (χ3n) is 5.70. The topological polar surface area (TPSA) is 64.6 Å². The van der Waals surface area contributed by atoms with Crippen molar-refractivity contribution in [1.29, 1.82) is 0 Å². The largest absolute Gasteiger partial charge is 0.460 e. The van der Waals surface area contributed by atoms with Crippen molar-refractivity contribution < 1.29 is 23.5 Å². The Hall–Kier alpha value is -2.77. The van der Waals surface area contributed by atoms with Crippen molar-refractivity contribution >= 4 is 23.1 Å². The molecule has 1 N–H and O–H groups in total. The van der Waals surface area contributed by atoms with Gasteiger partial charge in [0.2, 0.25) is 0 Å². The van der Waals surface area contributed by atoms with Gasteiger partial charge < -0.3 is 14.8 Å². The van der Waals surface area contributed by atoms with E-state index < -0.39 is 17.7 Å². The lowest BCUT2D eigenvalue weighted by molar-refractivity contribution is -0.140. The first-order chi connectivity index (χ1) is 15.0. The molecule has 0 saturated carbocycles. The summed E-state index contributed by atoms with van der Waals surface area (Å²) in [7, 11) is 1.53. The van der Waals surface area contributed by atoms with E-state index in [1.807, 2.05) is 17.5 Å². The fraction of sp³-hybridized carbons (Fsp3) is 0.333. The van der Waals surface area contributed by atoms with Crippen LogP contribution in [0.1, 0.15) is 42.0 Å². The quantitative estimate of drug-likeness (QED) is 0.530. The normalized spacial score (nSPS) is 21.1. The Morgan fingerprint density at radius 2 is 2.06 bits per heavy atom. The molecule has 2 heterocycles. The molecule has 1 aliphatic carbocycles. The Labute approximate surface area is 184 Å². The van der Waals surface area contributed by atoms with Crippen LogP contribution in [0.5, 0.6) is 0 Å². The highest BCUT2D eigenvalue weighted by molar-refractivity contribution is 7.10. The van der Waals surface area contributed by atoms with Crippen molar-refractivity contribution in [2.45, 2.75) is 31.6 Å². The number of carbonyl (C=O) groups excluding carboxylic acids is 2. The standard InChI is InChI=1S/C24H24FNO4S/c1-14-21(24(28)30-9-8-29-2)22(15-5-3-6-17(25)11-15)23-18(26-14)12-16(13-19(23)27)20-7-4-10-31-20/h3-7,10-11,16,22,26H,8-9,12-13H2,1-2H3. The minimum Gasteiger partial charge on any atom is -0.460 e. The molecule has 2 unspecified atom stereocenters. The van der Waals surface area contributed by atoms with E-state index in [0.29, 0.717) is 35.2 Å². The van der Waals surface area contributed by atoms with E-state index in [-0.39, 0.29) is 24.9 Å². The third kappa shape index (κ3) is 4.34. The maximum Gasteiger partial charge on any atom is 0.336 e. The second kappa shape index (κ2) is 9.16. The van der Waals surface area contributed by atoms with Crippen LogP contribution < -0.4 is 5.32 Å². The van der Waals surface area contributed by atoms with Crippen LogP contribution in [0.3, 0.4) is 0 Å². The number of halogens is 1. The average molecular weight is 442 g/mol. The lowest BCUT2D eigenvalue weighted by Gasteiger charge is -2.36. The molecule has 162 valence electrons. The molecule has 2 aromatic rings. The van der Waals surface area contributed by atoms with Crippen molar-refractivity contribution in [3.63, 3.8) is 0 Å². The lowest BCUT2D eigenvalue weighted by Crippen LogP contribution is -2.36. The van der Waals surface area contributed by atoms with Gasteiger partial charge >= 0.3 is 5.97 Å². The van der Waals surface area contributed by atoms with E-state index in [4.69, 9.17) is 9.47 Å². The van der Waals surface area contributed by atoms with Crippen LogP contribution in [-0.4, -0.2) is 32.1 Å². The number of rotatable bonds is 6. The molecule has 5 nitrogen and oxygen atoms in total. The molecule has 0 fully saturated rings. The van der Waals surface area contributed by atoms with Gasteiger partial charge in [-0.05, 0) is 42.5 Å². The molecule has 2 atom stereocenters. The molecule has 0 radical (unpaired) electrons. The Kier molecular flexibility index (Phi) is 6.34. The minimum atomic E-state index is -0.668. The summed E-state index contributed by atoms with van der Waals surface area (Å²) >= 11 is 1.64. The van der Waals surface area contributed by atoms with Gasteiger partial charge in [-0.2, -0.15) is 0 Å². The average Bonchev–Trinajstić information content (AvgIpc) is 3.27. The number of dihydropyridines is 1. The molecular weight excluding hydrogens is 417 g/mol. The van der Waals surface area contributed by atoms with Gasteiger partial charge in [0.1, 0.15) is 12.4 Å². The Bertz CT molecular complexity index is 1060. The monoisotopic (exact) mass is 441 g/mol. The van der Waals surface area contributed by atoms with Crippen LogP contribution in [0.15, 0.2) is 64.3 Å². The molecule has 1 aromatic carbocycles. The summed E-state index contributed by atoms with van der Waals surface area (Å²) in [6.45, 7) is 2.16. The number of benzene rings is 1. The summed E-state index contributed by atoms with van der Waals surface area (Å²) in [5, 5.41) is 5.30. The number of allylic oxidation sites excluding steroid dienone is 3. The molecule has 1 aliphatic heterocycles.